The second-order valence-corrected chi connectivity index (χ2v) is 2.73. The smallest absolute Gasteiger partial charge is 0.306 e. The van der Waals surface area contributed by atoms with Gasteiger partial charge >= 0.3 is 4.87 Å². The molecule has 0 aliphatic carbocycles. The van der Waals surface area contributed by atoms with Gasteiger partial charge in [0, 0.05) is 0 Å². The summed E-state index contributed by atoms with van der Waals surface area (Å²) in [6.45, 7) is 1.95. The van der Waals surface area contributed by atoms with Gasteiger partial charge in [0.05, 0.1) is 5.69 Å². The van der Waals surface area contributed by atoms with Crippen LogP contribution < -0.4 is 10.6 Å². The highest BCUT2D eigenvalue weighted by atomic mass is 32.1. The summed E-state index contributed by atoms with van der Waals surface area (Å²) in [5, 5.41) is 0.613. The van der Waals surface area contributed by atoms with E-state index in [0.717, 1.165) is 23.5 Å². The first-order chi connectivity index (χ1) is 4.24. The molecule has 0 spiro atoms. The normalized spacial score (nSPS) is 9.89. The standard InChI is InChI=1S/C5H8N2OS/c1-2-3-4(6)9-5(8)7-3/h2,6H2,1H3,(H,7,8). The van der Waals surface area contributed by atoms with E-state index in [9.17, 15) is 4.79 Å². The lowest BCUT2D eigenvalue weighted by atomic mass is 10.4. The summed E-state index contributed by atoms with van der Waals surface area (Å²) in [4.78, 5) is 13.1. The molecule has 9 heavy (non-hydrogen) atoms. The zero-order valence-electron chi connectivity index (χ0n) is 5.10. The van der Waals surface area contributed by atoms with Gasteiger partial charge in [-0.15, -0.1) is 0 Å². The molecule has 0 amide bonds. The summed E-state index contributed by atoms with van der Waals surface area (Å²) in [7, 11) is 0. The lowest BCUT2D eigenvalue weighted by molar-refractivity contribution is 1.05. The van der Waals surface area contributed by atoms with Crippen LogP contribution in [0.3, 0.4) is 0 Å². The molecule has 1 aromatic heterocycles. The quantitative estimate of drug-likeness (QED) is 0.605. The highest BCUT2D eigenvalue weighted by molar-refractivity contribution is 7.13. The molecule has 3 N–H and O–H groups in total. The number of nitrogens with one attached hydrogen (secondary N) is 1. The van der Waals surface area contributed by atoms with E-state index in [4.69, 9.17) is 5.73 Å². The van der Waals surface area contributed by atoms with Crippen molar-refractivity contribution in [2.75, 3.05) is 5.73 Å². The number of aromatic nitrogens is 1. The molecular weight excluding hydrogens is 136 g/mol. The predicted octanol–water partition coefficient (Wildman–Crippen LogP) is 0.581. The minimum absolute atomic E-state index is 0.0654. The van der Waals surface area contributed by atoms with E-state index in [1.165, 1.54) is 0 Å². The summed E-state index contributed by atoms with van der Waals surface area (Å²) in [5.74, 6) is 0. The minimum Gasteiger partial charge on any atom is -0.389 e. The summed E-state index contributed by atoms with van der Waals surface area (Å²) in [5.41, 5.74) is 6.29. The second-order valence-electron chi connectivity index (χ2n) is 1.71. The summed E-state index contributed by atoms with van der Waals surface area (Å²) in [6, 6.07) is 0. The maximum Gasteiger partial charge on any atom is 0.306 e. The van der Waals surface area contributed by atoms with Crippen molar-refractivity contribution in [2.24, 2.45) is 0 Å². The van der Waals surface area contributed by atoms with E-state index in [2.05, 4.69) is 4.98 Å². The monoisotopic (exact) mass is 144 g/mol. The van der Waals surface area contributed by atoms with Crippen molar-refractivity contribution < 1.29 is 0 Å². The number of thiazole rings is 1. The molecule has 4 heteroatoms. The molecule has 0 aliphatic heterocycles. The molecule has 0 fully saturated rings. The van der Waals surface area contributed by atoms with Crippen molar-refractivity contribution in [3.63, 3.8) is 0 Å². The van der Waals surface area contributed by atoms with Crippen LogP contribution in [0, 0.1) is 0 Å². The average molecular weight is 144 g/mol. The van der Waals surface area contributed by atoms with Gasteiger partial charge in [-0.25, -0.2) is 0 Å². The Balaban J connectivity index is 3.16. The average Bonchev–Trinajstić information content (AvgIpc) is 2.10. The number of nitrogens with two attached hydrogens (primary N) is 1. The minimum atomic E-state index is -0.0654. The number of nitrogen functional groups attached to an aromatic ring is 1. The first kappa shape index (κ1) is 6.35. The lowest BCUT2D eigenvalue weighted by Gasteiger charge is -1.87. The molecule has 1 rings (SSSR count). The third kappa shape index (κ3) is 1.13. The van der Waals surface area contributed by atoms with Gasteiger partial charge in [0.1, 0.15) is 5.00 Å². The molecule has 0 saturated heterocycles. The number of anilines is 1. The van der Waals surface area contributed by atoms with Gasteiger partial charge < -0.3 is 10.7 Å². The Kier molecular flexibility index (Phi) is 1.57. The van der Waals surface area contributed by atoms with Crippen LogP contribution in [0.4, 0.5) is 5.00 Å². The topological polar surface area (TPSA) is 58.9 Å². The van der Waals surface area contributed by atoms with Gasteiger partial charge in [-0.2, -0.15) is 0 Å². The fourth-order valence-electron chi connectivity index (χ4n) is 0.634. The van der Waals surface area contributed by atoms with Crippen LogP contribution in [0.25, 0.3) is 0 Å². The molecule has 0 radical (unpaired) electrons. The third-order valence-corrected chi connectivity index (χ3v) is 1.86. The van der Waals surface area contributed by atoms with Gasteiger partial charge in [-0.1, -0.05) is 18.3 Å². The summed E-state index contributed by atoms with van der Waals surface area (Å²) >= 11 is 1.06. The van der Waals surface area contributed by atoms with Crippen molar-refractivity contribution in [2.45, 2.75) is 13.3 Å². The molecule has 1 heterocycles. The largest absolute Gasteiger partial charge is 0.389 e. The van der Waals surface area contributed by atoms with Crippen molar-refractivity contribution in [3.8, 4) is 0 Å². The van der Waals surface area contributed by atoms with Crippen molar-refractivity contribution in [3.05, 3.63) is 15.4 Å². The summed E-state index contributed by atoms with van der Waals surface area (Å²) < 4.78 is 0. The number of rotatable bonds is 1. The number of H-pyrrole nitrogens is 1. The SMILES string of the molecule is CCc1[nH]c(=O)sc1N. The van der Waals surface area contributed by atoms with Crippen LogP contribution in [0.5, 0.6) is 0 Å². The van der Waals surface area contributed by atoms with Crippen LogP contribution in [0.2, 0.25) is 0 Å². The molecule has 3 nitrogen and oxygen atoms in total. The molecule has 0 atom stereocenters. The maximum absolute atomic E-state index is 10.6. The Bertz CT molecular complexity index is 250. The van der Waals surface area contributed by atoms with Gasteiger partial charge in [-0.3, -0.25) is 4.79 Å². The van der Waals surface area contributed by atoms with Crippen LogP contribution in [-0.4, -0.2) is 4.98 Å². The molecule has 50 valence electrons. The Labute approximate surface area is 56.5 Å². The number of aryl methyl sites for hydroxylation is 1. The van der Waals surface area contributed by atoms with Crippen LogP contribution in [0.1, 0.15) is 12.6 Å². The molecule has 1 aromatic rings. The van der Waals surface area contributed by atoms with Crippen molar-refractivity contribution in [1.82, 2.24) is 4.98 Å². The highest BCUT2D eigenvalue weighted by Gasteiger charge is 1.99. The number of hydrogen-bond donors (Lipinski definition) is 2. The van der Waals surface area contributed by atoms with Crippen LogP contribution in [0.15, 0.2) is 4.79 Å². The molecule has 0 saturated carbocycles. The molecular formula is C5H8N2OS. The zero-order valence-corrected chi connectivity index (χ0v) is 5.92. The maximum atomic E-state index is 10.6. The van der Waals surface area contributed by atoms with E-state index in [1.807, 2.05) is 6.92 Å². The first-order valence-corrected chi connectivity index (χ1v) is 3.53. The number of aromatic amines is 1. The molecule has 0 bridgehead atoms. The Morgan fingerprint density at radius 1 is 1.78 bits per heavy atom. The van der Waals surface area contributed by atoms with E-state index >= 15 is 0 Å². The predicted molar refractivity (Wildman–Crippen MR) is 38.7 cm³/mol. The Morgan fingerprint density at radius 3 is 2.67 bits per heavy atom. The Hall–Kier alpha value is -0.770. The summed E-state index contributed by atoms with van der Waals surface area (Å²) in [6.07, 6.45) is 0.796. The molecule has 0 aromatic carbocycles. The Morgan fingerprint density at radius 2 is 2.44 bits per heavy atom. The van der Waals surface area contributed by atoms with Crippen LogP contribution >= 0.6 is 11.3 Å². The first-order valence-electron chi connectivity index (χ1n) is 2.71. The fraction of sp³-hybridized carbons (Fsp3) is 0.400. The van der Waals surface area contributed by atoms with Gasteiger partial charge in [-0.05, 0) is 6.42 Å². The molecule has 0 unspecified atom stereocenters. The van der Waals surface area contributed by atoms with E-state index < -0.39 is 0 Å². The van der Waals surface area contributed by atoms with E-state index in [0.29, 0.717) is 5.00 Å². The second kappa shape index (κ2) is 2.23. The number of hydrogen-bond acceptors (Lipinski definition) is 3. The highest BCUT2D eigenvalue weighted by Crippen LogP contribution is 2.10. The van der Waals surface area contributed by atoms with Crippen molar-refractivity contribution in [1.29, 1.82) is 0 Å². The lowest BCUT2D eigenvalue weighted by Crippen LogP contribution is -1.94. The van der Waals surface area contributed by atoms with E-state index in [-0.39, 0.29) is 4.87 Å². The van der Waals surface area contributed by atoms with E-state index in [1.54, 1.807) is 0 Å². The zero-order chi connectivity index (χ0) is 6.85. The van der Waals surface area contributed by atoms with Crippen molar-refractivity contribution >= 4 is 16.3 Å². The third-order valence-electron chi connectivity index (χ3n) is 1.11. The molecule has 0 aliphatic rings. The fourth-order valence-corrected chi connectivity index (χ4v) is 1.33. The van der Waals surface area contributed by atoms with Crippen LogP contribution in [-0.2, 0) is 6.42 Å². The van der Waals surface area contributed by atoms with Gasteiger partial charge in [0.15, 0.2) is 0 Å². The van der Waals surface area contributed by atoms with Gasteiger partial charge in [0.25, 0.3) is 0 Å². The van der Waals surface area contributed by atoms with Gasteiger partial charge in [0.2, 0.25) is 0 Å².